The van der Waals surface area contributed by atoms with Gasteiger partial charge in [0.05, 0.1) is 0 Å². The minimum atomic E-state index is -0.668. The summed E-state index contributed by atoms with van der Waals surface area (Å²) in [6, 6.07) is 0.446. The predicted octanol–water partition coefficient (Wildman–Crippen LogP) is 2.96. The molecule has 3 aliphatic rings. The van der Waals surface area contributed by atoms with Gasteiger partial charge in [-0.2, -0.15) is 0 Å². The van der Waals surface area contributed by atoms with Crippen LogP contribution in [0.2, 0.25) is 0 Å². The maximum Gasteiger partial charge on any atom is 0.324 e. The summed E-state index contributed by atoms with van der Waals surface area (Å²) in [6.07, 6.45) is 11.3. The summed E-state index contributed by atoms with van der Waals surface area (Å²) in [7, 11) is 0. The first-order valence-corrected chi connectivity index (χ1v) is 8.79. The molecular weight excluding hydrogens is 266 g/mol. The zero-order chi connectivity index (χ0) is 14.7. The fraction of sp³-hybridized carbons (Fsp3) is 0.941. The molecule has 2 unspecified atom stereocenters. The second-order valence-corrected chi connectivity index (χ2v) is 7.27. The summed E-state index contributed by atoms with van der Waals surface area (Å²) in [5.41, 5.74) is -0.668. The Labute approximate surface area is 127 Å². The summed E-state index contributed by atoms with van der Waals surface area (Å²) in [6.45, 7) is 1.58. The Hall–Kier alpha value is -0.610. The molecule has 3 fully saturated rings. The van der Waals surface area contributed by atoms with E-state index in [-0.39, 0.29) is 5.92 Å². The summed E-state index contributed by atoms with van der Waals surface area (Å²) in [5.74, 6) is 0.483. The first kappa shape index (κ1) is 15.3. The summed E-state index contributed by atoms with van der Waals surface area (Å²) >= 11 is 0. The van der Waals surface area contributed by atoms with E-state index in [4.69, 9.17) is 4.74 Å². The largest absolute Gasteiger partial charge is 0.480 e. The monoisotopic (exact) mass is 295 g/mol. The quantitative estimate of drug-likeness (QED) is 0.642. The lowest BCUT2D eigenvalue weighted by molar-refractivity contribution is -0.147. The van der Waals surface area contributed by atoms with E-state index in [1.54, 1.807) is 0 Å². The SMILES string of the molecule is O=C(O)C1(NC2CC2)CCCC1CCOCCC1CCC1. The van der Waals surface area contributed by atoms with Crippen molar-refractivity contribution in [3.63, 3.8) is 0 Å². The van der Waals surface area contributed by atoms with Gasteiger partial charge in [-0.05, 0) is 50.4 Å². The van der Waals surface area contributed by atoms with Gasteiger partial charge in [0.2, 0.25) is 0 Å². The van der Waals surface area contributed by atoms with Crippen molar-refractivity contribution >= 4 is 5.97 Å². The van der Waals surface area contributed by atoms with E-state index in [9.17, 15) is 9.90 Å². The molecule has 21 heavy (non-hydrogen) atoms. The van der Waals surface area contributed by atoms with Crippen molar-refractivity contribution in [1.82, 2.24) is 5.32 Å². The maximum atomic E-state index is 11.8. The van der Waals surface area contributed by atoms with E-state index in [0.29, 0.717) is 6.04 Å². The van der Waals surface area contributed by atoms with Crippen LogP contribution in [-0.4, -0.2) is 35.9 Å². The Morgan fingerprint density at radius 2 is 1.86 bits per heavy atom. The maximum absolute atomic E-state index is 11.8. The smallest absolute Gasteiger partial charge is 0.324 e. The number of nitrogens with one attached hydrogen (secondary N) is 1. The Morgan fingerprint density at radius 1 is 1.10 bits per heavy atom. The first-order chi connectivity index (χ1) is 10.2. The van der Waals surface area contributed by atoms with Gasteiger partial charge in [-0.15, -0.1) is 0 Å². The molecule has 0 aromatic heterocycles. The minimum Gasteiger partial charge on any atom is -0.480 e. The van der Waals surface area contributed by atoms with Crippen LogP contribution in [-0.2, 0) is 9.53 Å². The Balaban J connectivity index is 1.42. The van der Waals surface area contributed by atoms with Crippen molar-refractivity contribution in [2.75, 3.05) is 13.2 Å². The Kier molecular flexibility index (Phi) is 4.85. The summed E-state index contributed by atoms with van der Waals surface area (Å²) < 4.78 is 5.77. The second-order valence-electron chi connectivity index (χ2n) is 7.27. The van der Waals surface area contributed by atoms with Crippen LogP contribution in [0.25, 0.3) is 0 Å². The Morgan fingerprint density at radius 3 is 2.48 bits per heavy atom. The molecule has 3 saturated carbocycles. The molecule has 0 spiro atoms. The number of carbonyl (C=O) groups is 1. The molecule has 2 N–H and O–H groups in total. The zero-order valence-electron chi connectivity index (χ0n) is 13.0. The lowest BCUT2D eigenvalue weighted by atomic mass is 9.83. The zero-order valence-corrected chi connectivity index (χ0v) is 13.0. The standard InChI is InChI=1S/C17H29NO3/c19-16(20)17(18-15-6-7-15)10-2-5-14(17)9-12-21-11-8-13-3-1-4-13/h13-15,18H,1-12H2,(H,19,20). The molecule has 4 nitrogen and oxygen atoms in total. The highest BCUT2D eigenvalue weighted by Gasteiger charge is 2.51. The highest BCUT2D eigenvalue weighted by molar-refractivity contribution is 5.80. The number of carboxylic acid groups (broad SMARTS) is 1. The van der Waals surface area contributed by atoms with Crippen LogP contribution < -0.4 is 5.32 Å². The van der Waals surface area contributed by atoms with Crippen molar-refractivity contribution in [3.8, 4) is 0 Å². The topological polar surface area (TPSA) is 58.6 Å². The highest BCUT2D eigenvalue weighted by atomic mass is 16.5. The molecule has 0 heterocycles. The average Bonchev–Trinajstić information content (AvgIpc) is 3.11. The van der Waals surface area contributed by atoms with Gasteiger partial charge in [-0.3, -0.25) is 10.1 Å². The van der Waals surface area contributed by atoms with E-state index in [1.165, 1.54) is 25.7 Å². The van der Waals surface area contributed by atoms with Gasteiger partial charge in [0.1, 0.15) is 5.54 Å². The van der Waals surface area contributed by atoms with Crippen LogP contribution in [0.1, 0.15) is 64.2 Å². The number of hydrogen-bond donors (Lipinski definition) is 2. The number of aliphatic carboxylic acids is 1. The van der Waals surface area contributed by atoms with Crippen LogP contribution in [0, 0.1) is 11.8 Å². The normalized spacial score (nSPS) is 33.0. The molecule has 0 aliphatic heterocycles. The van der Waals surface area contributed by atoms with E-state index in [1.807, 2.05) is 0 Å². The molecule has 3 aliphatic carbocycles. The number of hydrogen-bond acceptors (Lipinski definition) is 3. The van der Waals surface area contributed by atoms with Gasteiger partial charge in [-0.25, -0.2) is 0 Å². The van der Waals surface area contributed by atoms with Crippen molar-refractivity contribution in [2.24, 2.45) is 11.8 Å². The van der Waals surface area contributed by atoms with E-state index < -0.39 is 11.5 Å². The van der Waals surface area contributed by atoms with Gasteiger partial charge in [0.25, 0.3) is 0 Å². The lowest BCUT2D eigenvalue weighted by Gasteiger charge is -2.33. The summed E-state index contributed by atoms with van der Waals surface area (Å²) in [4.78, 5) is 11.8. The fourth-order valence-corrected chi connectivity index (χ4v) is 3.95. The van der Waals surface area contributed by atoms with Crippen molar-refractivity contribution in [2.45, 2.75) is 75.8 Å². The van der Waals surface area contributed by atoms with Crippen molar-refractivity contribution in [3.05, 3.63) is 0 Å². The summed E-state index contributed by atoms with van der Waals surface area (Å²) in [5, 5.41) is 13.2. The first-order valence-electron chi connectivity index (χ1n) is 8.79. The molecule has 0 saturated heterocycles. The molecule has 4 heteroatoms. The second kappa shape index (κ2) is 6.66. The minimum absolute atomic E-state index is 0.235. The molecular formula is C17H29NO3. The van der Waals surface area contributed by atoms with E-state index in [0.717, 1.165) is 57.7 Å². The number of rotatable bonds is 9. The van der Waals surface area contributed by atoms with Crippen LogP contribution in [0.5, 0.6) is 0 Å². The van der Waals surface area contributed by atoms with E-state index in [2.05, 4.69) is 5.32 Å². The molecule has 0 aromatic rings. The van der Waals surface area contributed by atoms with Crippen LogP contribution in [0.3, 0.4) is 0 Å². The molecule has 3 rings (SSSR count). The molecule has 0 amide bonds. The molecule has 2 atom stereocenters. The lowest BCUT2D eigenvalue weighted by Crippen LogP contribution is -2.55. The van der Waals surface area contributed by atoms with Crippen molar-refractivity contribution in [1.29, 1.82) is 0 Å². The average molecular weight is 295 g/mol. The van der Waals surface area contributed by atoms with Crippen LogP contribution in [0.4, 0.5) is 0 Å². The van der Waals surface area contributed by atoms with Gasteiger partial charge in [-0.1, -0.05) is 25.7 Å². The molecule has 0 aromatic carbocycles. The van der Waals surface area contributed by atoms with Crippen LogP contribution >= 0.6 is 0 Å². The highest BCUT2D eigenvalue weighted by Crippen LogP contribution is 2.40. The third kappa shape index (κ3) is 3.59. The van der Waals surface area contributed by atoms with Crippen molar-refractivity contribution < 1.29 is 14.6 Å². The van der Waals surface area contributed by atoms with Gasteiger partial charge < -0.3 is 9.84 Å². The van der Waals surface area contributed by atoms with Gasteiger partial charge >= 0.3 is 5.97 Å². The number of ether oxygens (including phenoxy) is 1. The van der Waals surface area contributed by atoms with E-state index >= 15 is 0 Å². The predicted molar refractivity (Wildman–Crippen MR) is 81.3 cm³/mol. The molecule has 0 radical (unpaired) electrons. The van der Waals surface area contributed by atoms with Gasteiger partial charge in [0, 0.05) is 19.3 Å². The van der Waals surface area contributed by atoms with Gasteiger partial charge in [0.15, 0.2) is 0 Å². The fourth-order valence-electron chi connectivity index (χ4n) is 3.95. The third-order valence-corrected chi connectivity index (χ3v) is 5.75. The third-order valence-electron chi connectivity index (χ3n) is 5.75. The number of carboxylic acids is 1. The van der Waals surface area contributed by atoms with Crippen LogP contribution in [0.15, 0.2) is 0 Å². The molecule has 120 valence electrons. The molecule has 0 bridgehead atoms. The Bertz CT molecular complexity index is 365.